The molecule has 5 nitrogen and oxygen atoms in total. The third-order valence-corrected chi connectivity index (χ3v) is 10.4. The lowest BCUT2D eigenvalue weighted by atomic mass is 9.59. The first-order chi connectivity index (χ1) is 26.6. The molecule has 0 saturated heterocycles. The Kier molecular flexibility index (Phi) is 9.02. The molecule has 56 heavy (non-hydrogen) atoms. The van der Waals surface area contributed by atoms with Gasteiger partial charge in [-0.2, -0.15) is 0 Å². The number of benzene rings is 7. The van der Waals surface area contributed by atoms with E-state index in [1.54, 1.807) is 34.9 Å². The molecule has 0 spiro atoms. The average Bonchev–Trinajstić information content (AvgIpc) is 3.57. The SMILES string of the molecule is [B]c1c([B])c([B])c(-c2ccc3c(-c4nc5ccccc5n4-c4c([B])c([B])c(O)c(O)c4O)c4ccccc4c(-c4c([B])c([B])c([B])c([B])c4[B])c3c2)c([B])c1[B]. The molecule has 8 rings (SSSR count). The van der Waals surface area contributed by atoms with Gasteiger partial charge in [-0.1, -0.05) is 81.3 Å². The smallest absolute Gasteiger partial charge is 0.201 e. The average molecular weight is 688 g/mol. The van der Waals surface area contributed by atoms with E-state index in [4.69, 9.17) is 99.1 Å². The maximum Gasteiger partial charge on any atom is 0.201 e. The fourth-order valence-corrected chi connectivity index (χ4v) is 7.50. The molecule has 0 atom stereocenters. The first-order valence-electron chi connectivity index (χ1n) is 16.9. The lowest BCUT2D eigenvalue weighted by Gasteiger charge is -2.26. The van der Waals surface area contributed by atoms with Crippen LogP contribution in [0.2, 0.25) is 0 Å². The van der Waals surface area contributed by atoms with Crippen LogP contribution in [0.25, 0.3) is 71.9 Å². The highest BCUT2D eigenvalue weighted by Crippen LogP contribution is 2.46. The summed E-state index contributed by atoms with van der Waals surface area (Å²) < 4.78 is 1.56. The highest BCUT2D eigenvalue weighted by atomic mass is 16.3. The third-order valence-electron chi connectivity index (χ3n) is 10.4. The molecular weight excluding hydrogens is 674 g/mol. The minimum Gasteiger partial charge on any atom is -0.505 e. The minimum atomic E-state index is -0.869. The van der Waals surface area contributed by atoms with E-state index in [9.17, 15) is 15.3 Å². The van der Waals surface area contributed by atoms with Crippen molar-refractivity contribution in [2.24, 2.45) is 0 Å². The van der Waals surface area contributed by atoms with Gasteiger partial charge in [0.1, 0.15) is 100.0 Å². The molecule has 7 aromatic carbocycles. The van der Waals surface area contributed by atoms with Crippen molar-refractivity contribution in [2.75, 3.05) is 0 Å². The molecule has 0 aliphatic carbocycles. The van der Waals surface area contributed by atoms with Crippen molar-refractivity contribution in [3.8, 4) is 56.6 Å². The van der Waals surface area contributed by atoms with Crippen molar-refractivity contribution >= 4 is 192 Å². The zero-order chi connectivity index (χ0) is 40.2. The Labute approximate surface area is 339 Å². The van der Waals surface area contributed by atoms with Crippen molar-refractivity contribution < 1.29 is 15.3 Å². The van der Waals surface area contributed by atoms with Crippen LogP contribution in [0.4, 0.5) is 0 Å². The first-order valence-corrected chi connectivity index (χ1v) is 16.9. The molecule has 234 valence electrons. The van der Waals surface area contributed by atoms with E-state index in [2.05, 4.69) is 0 Å². The molecule has 0 unspecified atom stereocenters. The monoisotopic (exact) mass is 690 g/mol. The van der Waals surface area contributed by atoms with E-state index in [-0.39, 0.29) is 77.1 Å². The van der Waals surface area contributed by atoms with Crippen LogP contribution in [-0.4, -0.2) is 119 Å². The molecule has 0 fully saturated rings. The number of rotatable bonds is 4. The second-order valence-corrected chi connectivity index (χ2v) is 13.4. The van der Waals surface area contributed by atoms with Gasteiger partial charge in [0.05, 0.1) is 16.7 Å². The Morgan fingerprint density at radius 1 is 0.393 bits per heavy atom. The van der Waals surface area contributed by atoms with Gasteiger partial charge in [-0.15, -0.1) is 32.8 Å². The number of phenols is 3. The van der Waals surface area contributed by atoms with E-state index in [1.165, 1.54) is 0 Å². The van der Waals surface area contributed by atoms with Crippen LogP contribution < -0.4 is 65.6 Å². The summed E-state index contributed by atoms with van der Waals surface area (Å²) >= 11 is 0. The second-order valence-electron chi connectivity index (χ2n) is 13.4. The van der Waals surface area contributed by atoms with Gasteiger partial charge in [0.15, 0.2) is 11.5 Å². The largest absolute Gasteiger partial charge is 0.505 e. The van der Waals surface area contributed by atoms with Gasteiger partial charge in [0, 0.05) is 5.56 Å². The molecule has 0 saturated carbocycles. The quantitative estimate of drug-likeness (QED) is 0.0985. The van der Waals surface area contributed by atoms with Gasteiger partial charge < -0.3 is 15.3 Å². The normalized spacial score (nSPS) is 11.6. The predicted molar refractivity (Wildman–Crippen MR) is 242 cm³/mol. The Balaban J connectivity index is 1.63. The first kappa shape index (κ1) is 37.6. The van der Waals surface area contributed by atoms with Crippen LogP contribution >= 0.6 is 0 Å². The molecule has 0 bridgehead atoms. The van der Waals surface area contributed by atoms with Gasteiger partial charge in [-0.3, -0.25) is 4.57 Å². The lowest BCUT2D eigenvalue weighted by molar-refractivity contribution is 0.369. The zero-order valence-corrected chi connectivity index (χ0v) is 29.5. The molecule has 24 radical (unpaired) electrons. The van der Waals surface area contributed by atoms with Gasteiger partial charge in [-0.25, -0.2) is 4.98 Å². The van der Waals surface area contributed by atoms with Crippen LogP contribution in [0.5, 0.6) is 17.2 Å². The minimum absolute atomic E-state index is 0.0329. The highest BCUT2D eigenvalue weighted by molar-refractivity contribution is 6.70. The fraction of sp³-hybridized carbons (Fsp3) is 0. The Morgan fingerprint density at radius 3 is 1.46 bits per heavy atom. The van der Waals surface area contributed by atoms with Crippen LogP contribution in [-0.2, 0) is 0 Å². The van der Waals surface area contributed by atoms with Crippen molar-refractivity contribution in [3.63, 3.8) is 0 Å². The number of nitrogens with zero attached hydrogens (tertiary/aromatic N) is 2. The Morgan fingerprint density at radius 2 is 0.875 bits per heavy atom. The molecule has 3 N–H and O–H groups in total. The summed E-state index contributed by atoms with van der Waals surface area (Å²) in [5.41, 5.74) is 3.09. The van der Waals surface area contributed by atoms with Gasteiger partial charge in [-0.05, 0) is 62.0 Å². The number of aromatic hydroxyl groups is 3. The molecule has 1 aromatic heterocycles. The summed E-state index contributed by atoms with van der Waals surface area (Å²) in [6, 6.07) is 19.8. The van der Waals surface area contributed by atoms with E-state index < -0.39 is 17.2 Å². The molecule has 1 heterocycles. The summed E-state index contributed by atoms with van der Waals surface area (Å²) in [5.74, 6) is -2.12. The zero-order valence-electron chi connectivity index (χ0n) is 29.5. The molecular formula is C39H14B12N2O3. The fourth-order valence-electron chi connectivity index (χ4n) is 7.50. The number of phenolic OH excluding ortho intramolecular Hbond substituents is 3. The highest BCUT2D eigenvalue weighted by Gasteiger charge is 2.28. The van der Waals surface area contributed by atoms with Crippen molar-refractivity contribution in [1.82, 2.24) is 9.55 Å². The third kappa shape index (κ3) is 5.22. The number of para-hydroxylation sites is 2. The van der Waals surface area contributed by atoms with Gasteiger partial charge in [0.2, 0.25) is 5.75 Å². The summed E-state index contributed by atoms with van der Waals surface area (Å²) in [6.07, 6.45) is 0. The maximum atomic E-state index is 11.4. The van der Waals surface area contributed by atoms with E-state index in [1.807, 2.05) is 36.4 Å². The number of fused-ring (bicyclic) bond motifs is 3. The van der Waals surface area contributed by atoms with E-state index in [0.29, 0.717) is 60.4 Å². The summed E-state index contributed by atoms with van der Waals surface area (Å²) in [7, 11) is 77.2. The molecule has 0 aliphatic heterocycles. The summed E-state index contributed by atoms with van der Waals surface area (Å²) in [4.78, 5) is 5.06. The molecule has 0 amide bonds. The molecule has 0 aliphatic rings. The predicted octanol–water partition coefficient (Wildman–Crippen LogP) is -5.02. The van der Waals surface area contributed by atoms with Crippen LogP contribution in [0, 0.1) is 0 Å². The topological polar surface area (TPSA) is 78.5 Å². The Hall–Kier alpha value is -5.29. The Bertz CT molecular complexity index is 2970. The molecule has 8 aromatic rings. The summed E-state index contributed by atoms with van der Waals surface area (Å²) in [5, 5.41) is 35.0. The standard InChI is InChI=1S/C39H14B12N2O3/c40-23-19(24(41)28(45)31(48)27(23)44)12-9-10-15-16(11-12)20(22-25(42)29(46)32(49)30(47)26(22)43)13-5-1-2-6-14(13)21(15)39-52-17-7-3-4-8-18(17)53(39)35-33(50)34(51)36(54)38(56)37(35)55/h1-11,54-56H. The number of aromatic nitrogens is 2. The van der Waals surface area contributed by atoms with Crippen LogP contribution in [0.3, 0.4) is 0 Å². The number of hydrogen-bond donors (Lipinski definition) is 3. The second kappa shape index (κ2) is 13.4. The number of imidazole rings is 1. The van der Waals surface area contributed by atoms with Gasteiger partial charge >= 0.3 is 0 Å². The van der Waals surface area contributed by atoms with Crippen LogP contribution in [0.15, 0.2) is 66.7 Å². The van der Waals surface area contributed by atoms with E-state index >= 15 is 0 Å². The lowest BCUT2D eigenvalue weighted by Crippen LogP contribution is -2.55. The van der Waals surface area contributed by atoms with Crippen molar-refractivity contribution in [3.05, 3.63) is 66.7 Å². The van der Waals surface area contributed by atoms with Crippen molar-refractivity contribution in [1.29, 1.82) is 0 Å². The van der Waals surface area contributed by atoms with Gasteiger partial charge in [0.25, 0.3) is 0 Å². The number of hydrogen-bond acceptors (Lipinski definition) is 4. The maximum absolute atomic E-state index is 11.4. The summed E-state index contributed by atoms with van der Waals surface area (Å²) in [6.45, 7) is 0. The van der Waals surface area contributed by atoms with Crippen LogP contribution in [0.1, 0.15) is 0 Å². The van der Waals surface area contributed by atoms with E-state index in [0.717, 1.165) is 0 Å². The van der Waals surface area contributed by atoms with Crippen molar-refractivity contribution in [2.45, 2.75) is 0 Å². The molecule has 17 heteroatoms.